The van der Waals surface area contributed by atoms with Crippen LogP contribution in [-0.2, 0) is 9.47 Å². The molecular weight excluding hydrogens is 104 g/mol. The van der Waals surface area contributed by atoms with E-state index in [0.717, 1.165) is 12.4 Å². The number of rotatable bonds is 0. The van der Waals surface area contributed by atoms with Crippen LogP contribution in [0.5, 0.6) is 0 Å². The second-order valence-electron chi connectivity index (χ2n) is 1.66. The third-order valence-electron chi connectivity index (χ3n) is 1.08. The molecule has 0 bridgehead atoms. The van der Waals surface area contributed by atoms with Gasteiger partial charge in [0.2, 0.25) is 0 Å². The molecular formula is C6H10O2. The summed E-state index contributed by atoms with van der Waals surface area (Å²) < 4.78 is 10.2. The predicted molar refractivity (Wildman–Crippen MR) is 30.5 cm³/mol. The van der Waals surface area contributed by atoms with Crippen LogP contribution in [0.4, 0.5) is 0 Å². The van der Waals surface area contributed by atoms with Gasteiger partial charge in [-0.25, -0.2) is 0 Å². The van der Waals surface area contributed by atoms with Crippen LogP contribution in [0, 0.1) is 0 Å². The van der Waals surface area contributed by atoms with Crippen LogP contribution in [0.25, 0.3) is 0 Å². The monoisotopic (exact) mass is 114 g/mol. The van der Waals surface area contributed by atoms with Crippen molar-refractivity contribution in [1.82, 2.24) is 0 Å². The minimum Gasteiger partial charge on any atom is -0.493 e. The van der Waals surface area contributed by atoms with Gasteiger partial charge < -0.3 is 9.47 Å². The molecule has 0 N–H and O–H groups in total. The van der Waals surface area contributed by atoms with Gasteiger partial charge in [-0.3, -0.25) is 0 Å². The summed E-state index contributed by atoms with van der Waals surface area (Å²) in [6, 6.07) is 0. The zero-order valence-electron chi connectivity index (χ0n) is 5.02. The summed E-state index contributed by atoms with van der Waals surface area (Å²) in [6.45, 7) is 4.04. The Kier molecular flexibility index (Phi) is 1.92. The van der Waals surface area contributed by atoms with Crippen molar-refractivity contribution < 1.29 is 9.47 Å². The van der Waals surface area contributed by atoms with E-state index >= 15 is 0 Å². The maximum absolute atomic E-state index is 5.16. The highest BCUT2D eigenvalue weighted by Gasteiger charge is 2.02. The lowest BCUT2D eigenvalue weighted by Crippen LogP contribution is -2.14. The Bertz CT molecular complexity index is 88.7. The van der Waals surface area contributed by atoms with Crippen molar-refractivity contribution in [2.45, 2.75) is 6.92 Å². The Labute approximate surface area is 49.1 Å². The normalized spacial score (nSPS) is 25.4. The van der Waals surface area contributed by atoms with Gasteiger partial charge in [0.1, 0.15) is 19.0 Å². The number of hydrogen-bond acceptors (Lipinski definition) is 2. The van der Waals surface area contributed by atoms with Crippen LogP contribution in [0.15, 0.2) is 11.8 Å². The molecule has 2 nitrogen and oxygen atoms in total. The zero-order valence-corrected chi connectivity index (χ0v) is 5.02. The first-order valence-electron chi connectivity index (χ1n) is 2.79. The van der Waals surface area contributed by atoms with E-state index in [-0.39, 0.29) is 0 Å². The molecule has 0 saturated carbocycles. The van der Waals surface area contributed by atoms with E-state index in [1.54, 1.807) is 0 Å². The van der Waals surface area contributed by atoms with Gasteiger partial charge in [0.25, 0.3) is 0 Å². The van der Waals surface area contributed by atoms with Crippen molar-refractivity contribution in [3.8, 4) is 0 Å². The molecule has 46 valence electrons. The smallest absolute Gasteiger partial charge is 0.117 e. The van der Waals surface area contributed by atoms with Crippen LogP contribution in [0.3, 0.4) is 0 Å². The topological polar surface area (TPSA) is 18.5 Å². The first kappa shape index (κ1) is 5.63. The van der Waals surface area contributed by atoms with E-state index in [1.807, 2.05) is 13.0 Å². The second kappa shape index (κ2) is 2.72. The molecule has 1 aliphatic rings. The van der Waals surface area contributed by atoms with Gasteiger partial charge in [-0.15, -0.1) is 0 Å². The summed E-state index contributed by atoms with van der Waals surface area (Å²) in [4.78, 5) is 0. The Morgan fingerprint density at radius 2 is 2.38 bits per heavy atom. The highest BCUT2D eigenvalue weighted by molar-refractivity contribution is 4.91. The van der Waals surface area contributed by atoms with Gasteiger partial charge in [-0.1, -0.05) is 0 Å². The molecule has 1 saturated heterocycles. The average molecular weight is 114 g/mol. The molecule has 0 unspecified atom stereocenters. The molecule has 0 aliphatic carbocycles. The van der Waals surface area contributed by atoms with Gasteiger partial charge in [-0.05, 0) is 13.0 Å². The molecule has 1 rings (SSSR count). The molecule has 0 aromatic heterocycles. The SMILES string of the molecule is CC=C1COCCO1. The summed E-state index contributed by atoms with van der Waals surface area (Å²) in [5, 5.41) is 0. The minimum atomic E-state index is 0.649. The lowest BCUT2D eigenvalue weighted by atomic mass is 10.4. The van der Waals surface area contributed by atoms with Gasteiger partial charge in [-0.2, -0.15) is 0 Å². The van der Waals surface area contributed by atoms with E-state index in [0.29, 0.717) is 13.2 Å². The molecule has 8 heavy (non-hydrogen) atoms. The van der Waals surface area contributed by atoms with E-state index in [2.05, 4.69) is 0 Å². The molecule has 0 amide bonds. The molecule has 1 aliphatic heterocycles. The van der Waals surface area contributed by atoms with Crippen LogP contribution >= 0.6 is 0 Å². The third kappa shape index (κ3) is 1.23. The highest BCUT2D eigenvalue weighted by atomic mass is 16.6. The Hall–Kier alpha value is -0.500. The van der Waals surface area contributed by atoms with E-state index in [9.17, 15) is 0 Å². The minimum absolute atomic E-state index is 0.649. The fourth-order valence-electron chi connectivity index (χ4n) is 0.613. The Morgan fingerprint density at radius 3 is 2.75 bits per heavy atom. The predicted octanol–water partition coefficient (Wildman–Crippen LogP) is 0.937. The maximum Gasteiger partial charge on any atom is 0.117 e. The zero-order chi connectivity index (χ0) is 5.82. The van der Waals surface area contributed by atoms with Crippen molar-refractivity contribution in [3.05, 3.63) is 11.8 Å². The molecule has 1 fully saturated rings. The van der Waals surface area contributed by atoms with Gasteiger partial charge in [0.15, 0.2) is 0 Å². The molecule has 1 heterocycles. The van der Waals surface area contributed by atoms with Crippen molar-refractivity contribution in [2.24, 2.45) is 0 Å². The van der Waals surface area contributed by atoms with E-state index in [4.69, 9.17) is 9.47 Å². The summed E-state index contributed by atoms with van der Waals surface area (Å²) in [6.07, 6.45) is 1.93. The van der Waals surface area contributed by atoms with Crippen LogP contribution in [0.1, 0.15) is 6.92 Å². The van der Waals surface area contributed by atoms with Gasteiger partial charge in [0.05, 0.1) is 6.61 Å². The van der Waals surface area contributed by atoms with Gasteiger partial charge in [0, 0.05) is 0 Å². The summed E-state index contributed by atoms with van der Waals surface area (Å²) in [7, 11) is 0. The maximum atomic E-state index is 5.16. The molecule has 0 aromatic rings. The molecule has 0 spiro atoms. The van der Waals surface area contributed by atoms with Gasteiger partial charge >= 0.3 is 0 Å². The first-order valence-corrected chi connectivity index (χ1v) is 2.79. The lowest BCUT2D eigenvalue weighted by Gasteiger charge is -2.15. The third-order valence-corrected chi connectivity index (χ3v) is 1.08. The van der Waals surface area contributed by atoms with Crippen molar-refractivity contribution in [2.75, 3.05) is 19.8 Å². The van der Waals surface area contributed by atoms with E-state index < -0.39 is 0 Å². The fraction of sp³-hybridized carbons (Fsp3) is 0.667. The van der Waals surface area contributed by atoms with Crippen molar-refractivity contribution in [3.63, 3.8) is 0 Å². The summed E-state index contributed by atoms with van der Waals surface area (Å²) in [5.41, 5.74) is 0. The van der Waals surface area contributed by atoms with Crippen molar-refractivity contribution in [1.29, 1.82) is 0 Å². The number of ether oxygens (including phenoxy) is 2. The molecule has 0 radical (unpaired) electrons. The summed E-state index contributed by atoms with van der Waals surface area (Å²) in [5.74, 6) is 0.955. The lowest BCUT2D eigenvalue weighted by molar-refractivity contribution is 0.0132. The molecule has 0 aromatic carbocycles. The van der Waals surface area contributed by atoms with Crippen molar-refractivity contribution >= 4 is 0 Å². The first-order chi connectivity index (χ1) is 3.93. The average Bonchev–Trinajstić information content (AvgIpc) is 1.90. The fourth-order valence-corrected chi connectivity index (χ4v) is 0.613. The standard InChI is InChI=1S/C6H10O2/c1-2-6-5-7-3-4-8-6/h2H,3-5H2,1H3. The summed E-state index contributed by atoms with van der Waals surface area (Å²) >= 11 is 0. The van der Waals surface area contributed by atoms with E-state index in [1.165, 1.54) is 0 Å². The molecule has 2 heteroatoms. The largest absolute Gasteiger partial charge is 0.493 e. The number of allylic oxidation sites excluding steroid dienone is 1. The quantitative estimate of drug-likeness (QED) is 0.466. The van der Waals surface area contributed by atoms with Crippen LogP contribution in [0.2, 0.25) is 0 Å². The van der Waals surface area contributed by atoms with Crippen LogP contribution < -0.4 is 0 Å². The second-order valence-corrected chi connectivity index (χ2v) is 1.66. The molecule has 0 atom stereocenters. The van der Waals surface area contributed by atoms with Crippen LogP contribution in [-0.4, -0.2) is 19.8 Å². The number of hydrogen-bond donors (Lipinski definition) is 0. The Morgan fingerprint density at radius 1 is 1.50 bits per heavy atom. The Balaban J connectivity index is 2.33. The highest BCUT2D eigenvalue weighted by Crippen LogP contribution is 2.02.